The Morgan fingerprint density at radius 3 is 2.41 bits per heavy atom. The van der Waals surface area contributed by atoms with E-state index in [1.54, 1.807) is 42.6 Å². The van der Waals surface area contributed by atoms with Crippen LogP contribution in [0.1, 0.15) is 5.56 Å². The number of carbonyl (C=O) groups excluding carboxylic acids is 2. The van der Waals surface area contributed by atoms with Gasteiger partial charge in [-0.25, -0.2) is 4.98 Å². The van der Waals surface area contributed by atoms with E-state index in [0.29, 0.717) is 11.4 Å². The third-order valence-corrected chi connectivity index (χ3v) is 5.64. The van der Waals surface area contributed by atoms with Gasteiger partial charge in [-0.3, -0.25) is 9.59 Å². The van der Waals surface area contributed by atoms with E-state index in [9.17, 15) is 9.59 Å². The van der Waals surface area contributed by atoms with Gasteiger partial charge in [-0.2, -0.15) is 0 Å². The third-order valence-electron chi connectivity index (χ3n) is 4.58. The smallest absolute Gasteiger partial charge is 0.316 e. The molecule has 1 heterocycles. The summed E-state index contributed by atoms with van der Waals surface area (Å²) in [5.74, 6) is -1.30. The lowest BCUT2D eigenvalue weighted by Gasteiger charge is -2.16. The zero-order valence-corrected chi connectivity index (χ0v) is 16.9. The molecule has 4 aromatic rings. The summed E-state index contributed by atoms with van der Waals surface area (Å²) in [6.45, 7) is 2.06. The van der Waals surface area contributed by atoms with Crippen LogP contribution in [0.15, 0.2) is 72.8 Å². The first-order valence-electron chi connectivity index (χ1n) is 9.13. The van der Waals surface area contributed by atoms with Crippen LogP contribution in [-0.4, -0.2) is 23.8 Å². The molecule has 0 fully saturated rings. The van der Waals surface area contributed by atoms with Crippen molar-refractivity contribution in [2.75, 3.05) is 17.3 Å². The second-order valence-corrected chi connectivity index (χ2v) is 7.75. The van der Waals surface area contributed by atoms with Crippen molar-refractivity contribution < 1.29 is 9.59 Å². The molecular weight excluding hydrogens is 382 g/mol. The van der Waals surface area contributed by atoms with Crippen molar-refractivity contribution >= 4 is 44.7 Å². The van der Waals surface area contributed by atoms with E-state index in [1.165, 1.54) is 10.5 Å². The Morgan fingerprint density at radius 2 is 1.69 bits per heavy atom. The number of benzene rings is 3. The molecule has 0 atom stereocenters. The Bertz CT molecular complexity index is 1180. The molecular formula is C23H19N3O2S. The summed E-state index contributed by atoms with van der Waals surface area (Å²) in [7, 11) is 1.58. The van der Waals surface area contributed by atoms with Crippen molar-refractivity contribution in [3.63, 3.8) is 0 Å². The molecule has 0 aliphatic carbocycles. The van der Waals surface area contributed by atoms with E-state index in [4.69, 9.17) is 0 Å². The van der Waals surface area contributed by atoms with Crippen molar-refractivity contribution in [2.45, 2.75) is 6.92 Å². The van der Waals surface area contributed by atoms with Gasteiger partial charge in [0, 0.05) is 24.0 Å². The molecule has 0 bridgehead atoms. The molecule has 0 saturated carbocycles. The van der Waals surface area contributed by atoms with Crippen LogP contribution in [0.4, 0.5) is 11.4 Å². The van der Waals surface area contributed by atoms with Crippen LogP contribution in [0.5, 0.6) is 0 Å². The SMILES string of the molecule is Cc1ccc2nc(-c3ccc(NC(=O)C(=O)N(C)c4ccccc4)cc3)sc2c1. The minimum Gasteiger partial charge on any atom is -0.318 e. The van der Waals surface area contributed by atoms with Crippen molar-refractivity contribution in [1.29, 1.82) is 0 Å². The van der Waals surface area contributed by atoms with Gasteiger partial charge in [0.1, 0.15) is 5.01 Å². The quantitative estimate of drug-likeness (QED) is 0.498. The fraction of sp³-hybridized carbons (Fsp3) is 0.0870. The number of likely N-dealkylation sites (N-methyl/N-ethyl adjacent to an activating group) is 1. The Morgan fingerprint density at radius 1 is 0.966 bits per heavy atom. The molecule has 1 N–H and O–H groups in total. The average molecular weight is 401 g/mol. The maximum atomic E-state index is 12.4. The first-order chi connectivity index (χ1) is 14.0. The number of carbonyl (C=O) groups is 2. The number of nitrogens with zero attached hydrogens (tertiary/aromatic N) is 2. The molecule has 0 spiro atoms. The van der Waals surface area contributed by atoms with Crippen LogP contribution in [-0.2, 0) is 9.59 Å². The number of anilines is 2. The summed E-state index contributed by atoms with van der Waals surface area (Å²) in [4.78, 5) is 30.7. The highest BCUT2D eigenvalue weighted by molar-refractivity contribution is 7.21. The molecule has 4 rings (SSSR count). The predicted octanol–water partition coefficient (Wildman–Crippen LogP) is 4.87. The van der Waals surface area contributed by atoms with Crippen LogP contribution in [0.2, 0.25) is 0 Å². The number of nitrogens with one attached hydrogen (secondary N) is 1. The molecule has 0 aliphatic rings. The molecule has 29 heavy (non-hydrogen) atoms. The summed E-state index contributed by atoms with van der Waals surface area (Å²) in [5.41, 5.74) is 4.37. The minimum atomic E-state index is -0.681. The zero-order valence-electron chi connectivity index (χ0n) is 16.0. The lowest BCUT2D eigenvalue weighted by atomic mass is 10.2. The van der Waals surface area contributed by atoms with Gasteiger partial charge in [0.2, 0.25) is 0 Å². The Kier molecular flexibility index (Phi) is 5.10. The van der Waals surface area contributed by atoms with Crippen LogP contribution < -0.4 is 10.2 Å². The van der Waals surface area contributed by atoms with Crippen LogP contribution in [0.3, 0.4) is 0 Å². The minimum absolute atomic E-state index is 0.561. The van der Waals surface area contributed by atoms with Gasteiger partial charge in [0.25, 0.3) is 0 Å². The average Bonchev–Trinajstić information content (AvgIpc) is 3.17. The Balaban J connectivity index is 1.47. The molecule has 1 aromatic heterocycles. The Hall–Kier alpha value is -3.51. The number of hydrogen-bond acceptors (Lipinski definition) is 4. The van der Waals surface area contributed by atoms with Gasteiger partial charge < -0.3 is 10.2 Å². The van der Waals surface area contributed by atoms with E-state index in [2.05, 4.69) is 23.3 Å². The topological polar surface area (TPSA) is 62.3 Å². The number of amides is 2. The molecule has 3 aromatic carbocycles. The molecule has 2 amide bonds. The number of rotatable bonds is 3. The number of hydrogen-bond donors (Lipinski definition) is 1. The van der Waals surface area contributed by atoms with Gasteiger partial charge in [0.15, 0.2) is 0 Å². The fourth-order valence-electron chi connectivity index (χ4n) is 2.96. The van der Waals surface area contributed by atoms with Gasteiger partial charge in [0.05, 0.1) is 10.2 Å². The van der Waals surface area contributed by atoms with E-state index in [-0.39, 0.29) is 0 Å². The first kappa shape index (κ1) is 18.8. The molecule has 0 aliphatic heterocycles. The number of fused-ring (bicyclic) bond motifs is 1. The zero-order chi connectivity index (χ0) is 20.4. The number of para-hydroxylation sites is 1. The summed E-state index contributed by atoms with van der Waals surface area (Å²) in [6, 6.07) is 22.6. The lowest BCUT2D eigenvalue weighted by molar-refractivity contribution is -0.134. The fourth-order valence-corrected chi connectivity index (χ4v) is 4.03. The third kappa shape index (κ3) is 4.02. The van der Waals surface area contributed by atoms with Crippen LogP contribution >= 0.6 is 11.3 Å². The van der Waals surface area contributed by atoms with Crippen molar-refractivity contribution in [1.82, 2.24) is 4.98 Å². The Labute approximate surface area is 172 Å². The van der Waals surface area contributed by atoms with E-state index >= 15 is 0 Å². The number of aromatic nitrogens is 1. The number of thiazole rings is 1. The van der Waals surface area contributed by atoms with E-state index in [0.717, 1.165) is 20.8 Å². The van der Waals surface area contributed by atoms with E-state index in [1.807, 2.05) is 42.5 Å². The summed E-state index contributed by atoms with van der Waals surface area (Å²) in [6.07, 6.45) is 0. The standard InChI is InChI=1S/C23H19N3O2S/c1-15-8-13-19-20(14-15)29-22(25-19)16-9-11-17(12-10-16)24-21(27)23(28)26(2)18-6-4-3-5-7-18/h3-14H,1-2H3,(H,24,27). The van der Waals surface area contributed by atoms with E-state index < -0.39 is 11.8 Å². The molecule has 0 radical (unpaired) electrons. The van der Waals surface area contributed by atoms with Crippen molar-refractivity contribution in [3.05, 3.63) is 78.4 Å². The van der Waals surface area contributed by atoms with Crippen LogP contribution in [0, 0.1) is 6.92 Å². The summed E-state index contributed by atoms with van der Waals surface area (Å²) >= 11 is 1.63. The van der Waals surface area contributed by atoms with Crippen molar-refractivity contribution in [2.24, 2.45) is 0 Å². The molecule has 144 valence electrons. The van der Waals surface area contributed by atoms with Gasteiger partial charge >= 0.3 is 11.8 Å². The normalized spacial score (nSPS) is 10.7. The second-order valence-electron chi connectivity index (χ2n) is 6.72. The largest absolute Gasteiger partial charge is 0.318 e. The van der Waals surface area contributed by atoms with Gasteiger partial charge in [-0.05, 0) is 61.0 Å². The highest BCUT2D eigenvalue weighted by atomic mass is 32.1. The number of aryl methyl sites for hydroxylation is 1. The summed E-state index contributed by atoms with van der Waals surface area (Å²) < 4.78 is 1.15. The molecule has 0 unspecified atom stereocenters. The highest BCUT2D eigenvalue weighted by Gasteiger charge is 2.20. The summed E-state index contributed by atoms with van der Waals surface area (Å²) in [5, 5.41) is 3.58. The monoisotopic (exact) mass is 401 g/mol. The highest BCUT2D eigenvalue weighted by Crippen LogP contribution is 2.31. The molecule has 6 heteroatoms. The lowest BCUT2D eigenvalue weighted by Crippen LogP contribution is -2.37. The van der Waals surface area contributed by atoms with Gasteiger partial charge in [-0.1, -0.05) is 24.3 Å². The molecule has 0 saturated heterocycles. The maximum absolute atomic E-state index is 12.4. The second kappa shape index (κ2) is 7.85. The molecule has 5 nitrogen and oxygen atoms in total. The van der Waals surface area contributed by atoms with Crippen molar-refractivity contribution in [3.8, 4) is 10.6 Å². The van der Waals surface area contributed by atoms with Crippen LogP contribution in [0.25, 0.3) is 20.8 Å². The maximum Gasteiger partial charge on any atom is 0.316 e. The first-order valence-corrected chi connectivity index (χ1v) is 9.94. The predicted molar refractivity (Wildman–Crippen MR) is 118 cm³/mol. The van der Waals surface area contributed by atoms with Gasteiger partial charge in [-0.15, -0.1) is 11.3 Å².